The molecule has 0 aromatic heterocycles. The molecule has 1 heterocycles. The number of carbonyl (C=O) groups excluding carboxylic acids is 3. The van der Waals surface area contributed by atoms with Crippen molar-refractivity contribution in [1.29, 1.82) is 0 Å². The molecule has 0 saturated carbocycles. The van der Waals surface area contributed by atoms with Gasteiger partial charge in [0.25, 0.3) is 5.91 Å². The number of primary amides is 1. The molecule has 0 aliphatic carbocycles. The lowest BCUT2D eigenvalue weighted by molar-refractivity contribution is -0.137. The van der Waals surface area contributed by atoms with Crippen LogP contribution in [0.1, 0.15) is 23.2 Å². The number of phenolic OH excluding ortho intramolecular Hbond substituents is 1. The Bertz CT molecular complexity index is 634. The molecule has 1 fully saturated rings. The van der Waals surface area contributed by atoms with Gasteiger partial charge in [-0.15, -0.1) is 0 Å². The van der Waals surface area contributed by atoms with Gasteiger partial charge in [0.2, 0.25) is 5.91 Å². The van der Waals surface area contributed by atoms with Gasteiger partial charge >= 0.3 is 5.97 Å². The van der Waals surface area contributed by atoms with Gasteiger partial charge in [0.15, 0.2) is 6.61 Å². The summed E-state index contributed by atoms with van der Waals surface area (Å²) >= 11 is 5.75. The number of benzene rings is 1. The van der Waals surface area contributed by atoms with Crippen molar-refractivity contribution in [1.82, 2.24) is 4.90 Å². The molecule has 0 radical (unpaired) electrons. The number of amides is 2. The Kier molecular flexibility index (Phi) is 5.44. The molecular weight excluding hydrogens is 324 g/mol. The van der Waals surface area contributed by atoms with E-state index in [2.05, 4.69) is 0 Å². The Balaban J connectivity index is 1.92. The highest BCUT2D eigenvalue weighted by atomic mass is 35.5. The van der Waals surface area contributed by atoms with Crippen LogP contribution < -0.4 is 5.73 Å². The van der Waals surface area contributed by atoms with E-state index in [0.717, 1.165) is 0 Å². The quantitative estimate of drug-likeness (QED) is 0.792. The maximum Gasteiger partial charge on any atom is 0.342 e. The van der Waals surface area contributed by atoms with Crippen molar-refractivity contribution in [3.63, 3.8) is 0 Å². The van der Waals surface area contributed by atoms with Crippen LogP contribution in [0, 0.1) is 5.92 Å². The normalized spacial score (nSPS) is 17.6. The fourth-order valence-corrected chi connectivity index (χ4v) is 2.58. The molecule has 1 aromatic carbocycles. The van der Waals surface area contributed by atoms with E-state index in [1.165, 1.54) is 23.1 Å². The summed E-state index contributed by atoms with van der Waals surface area (Å²) in [7, 11) is 0. The molecule has 3 N–H and O–H groups in total. The van der Waals surface area contributed by atoms with Crippen molar-refractivity contribution in [3.05, 3.63) is 28.8 Å². The molecule has 2 amide bonds. The molecule has 0 spiro atoms. The lowest BCUT2D eigenvalue weighted by Crippen LogP contribution is -2.45. The number of nitrogens with zero attached hydrogens (tertiary/aromatic N) is 1. The van der Waals surface area contributed by atoms with E-state index >= 15 is 0 Å². The minimum Gasteiger partial charge on any atom is -0.507 e. The molecule has 0 unspecified atom stereocenters. The van der Waals surface area contributed by atoms with Crippen molar-refractivity contribution in [2.24, 2.45) is 11.7 Å². The molecule has 2 rings (SSSR count). The summed E-state index contributed by atoms with van der Waals surface area (Å²) in [6.07, 6.45) is 1.32. The molecule has 23 heavy (non-hydrogen) atoms. The molecule has 0 bridgehead atoms. The second-order valence-electron chi connectivity index (χ2n) is 5.32. The number of nitrogens with two attached hydrogens (primary N) is 1. The lowest BCUT2D eigenvalue weighted by atomic mass is 9.97. The fraction of sp³-hybridized carbons (Fsp3) is 0.400. The zero-order valence-electron chi connectivity index (χ0n) is 12.3. The van der Waals surface area contributed by atoms with Crippen LogP contribution in [0.4, 0.5) is 0 Å². The number of ether oxygens (including phenoxy) is 1. The van der Waals surface area contributed by atoms with Crippen LogP contribution in [0.25, 0.3) is 0 Å². The van der Waals surface area contributed by atoms with Gasteiger partial charge < -0.3 is 20.5 Å². The van der Waals surface area contributed by atoms with Gasteiger partial charge in [-0.1, -0.05) is 11.6 Å². The fourth-order valence-electron chi connectivity index (χ4n) is 2.40. The first-order chi connectivity index (χ1) is 10.9. The average Bonchev–Trinajstić information content (AvgIpc) is 2.54. The Morgan fingerprint density at radius 2 is 2.13 bits per heavy atom. The summed E-state index contributed by atoms with van der Waals surface area (Å²) in [4.78, 5) is 36.6. The first-order valence-corrected chi connectivity index (χ1v) is 7.49. The van der Waals surface area contributed by atoms with E-state index in [1.54, 1.807) is 0 Å². The van der Waals surface area contributed by atoms with E-state index in [9.17, 15) is 19.5 Å². The van der Waals surface area contributed by atoms with Crippen LogP contribution in [0.5, 0.6) is 5.75 Å². The zero-order chi connectivity index (χ0) is 17.0. The van der Waals surface area contributed by atoms with Gasteiger partial charge in [-0.2, -0.15) is 0 Å². The zero-order valence-corrected chi connectivity index (χ0v) is 13.1. The van der Waals surface area contributed by atoms with Crippen LogP contribution in [-0.2, 0) is 14.3 Å². The monoisotopic (exact) mass is 340 g/mol. The van der Waals surface area contributed by atoms with Gasteiger partial charge in [-0.05, 0) is 31.0 Å². The highest BCUT2D eigenvalue weighted by Gasteiger charge is 2.27. The molecule has 1 aliphatic rings. The number of likely N-dealkylation sites (tertiary alicyclic amines) is 1. The molecule has 124 valence electrons. The van der Waals surface area contributed by atoms with Crippen molar-refractivity contribution in [2.45, 2.75) is 12.8 Å². The molecule has 8 heteroatoms. The largest absolute Gasteiger partial charge is 0.507 e. The van der Waals surface area contributed by atoms with Crippen molar-refractivity contribution >= 4 is 29.4 Å². The minimum atomic E-state index is -0.846. The molecule has 1 aromatic rings. The minimum absolute atomic E-state index is 0.112. The van der Waals surface area contributed by atoms with Crippen LogP contribution in [0.3, 0.4) is 0 Å². The van der Waals surface area contributed by atoms with Crippen LogP contribution in [0.15, 0.2) is 18.2 Å². The number of aromatic hydroxyl groups is 1. The number of hydrogen-bond acceptors (Lipinski definition) is 5. The van der Waals surface area contributed by atoms with E-state index in [4.69, 9.17) is 22.1 Å². The Hall–Kier alpha value is -2.28. The second kappa shape index (κ2) is 7.32. The van der Waals surface area contributed by atoms with Gasteiger partial charge in [-0.25, -0.2) is 4.79 Å². The van der Waals surface area contributed by atoms with E-state index in [-0.39, 0.29) is 28.8 Å². The average molecular weight is 341 g/mol. The number of phenols is 1. The standard InChI is InChI=1S/C15H17ClN2O5/c16-10-3-4-12(19)11(6-10)15(22)23-8-13(20)18-5-1-2-9(7-18)14(17)21/h3-4,6,9,19H,1-2,5,7-8H2,(H2,17,21)/t9-/m1/s1. The lowest BCUT2D eigenvalue weighted by Gasteiger charge is -2.31. The third-order valence-electron chi connectivity index (χ3n) is 3.68. The summed E-state index contributed by atoms with van der Waals surface area (Å²) in [6.45, 7) is 0.243. The number of esters is 1. The van der Waals surface area contributed by atoms with E-state index in [1.807, 2.05) is 0 Å². The number of rotatable bonds is 4. The molecule has 1 aliphatic heterocycles. The number of hydrogen-bond donors (Lipinski definition) is 2. The van der Waals surface area contributed by atoms with Crippen LogP contribution >= 0.6 is 11.6 Å². The van der Waals surface area contributed by atoms with Crippen LogP contribution in [0.2, 0.25) is 5.02 Å². The topological polar surface area (TPSA) is 110 Å². The van der Waals surface area contributed by atoms with Gasteiger partial charge in [0.1, 0.15) is 11.3 Å². The maximum absolute atomic E-state index is 12.1. The Morgan fingerprint density at radius 3 is 2.83 bits per heavy atom. The van der Waals surface area contributed by atoms with E-state index < -0.39 is 24.4 Å². The third-order valence-corrected chi connectivity index (χ3v) is 3.92. The predicted molar refractivity (Wildman–Crippen MR) is 81.9 cm³/mol. The molecule has 1 atom stereocenters. The summed E-state index contributed by atoms with van der Waals surface area (Å²) in [5, 5.41) is 9.87. The second-order valence-corrected chi connectivity index (χ2v) is 5.76. The van der Waals surface area contributed by atoms with Crippen LogP contribution in [-0.4, -0.2) is 47.5 Å². The number of halogens is 1. The number of piperidine rings is 1. The smallest absolute Gasteiger partial charge is 0.342 e. The predicted octanol–water partition coefficient (Wildman–Crippen LogP) is 0.926. The maximum atomic E-state index is 12.1. The molecular formula is C15H17ClN2O5. The van der Waals surface area contributed by atoms with Crippen molar-refractivity contribution < 1.29 is 24.2 Å². The number of carbonyl (C=O) groups is 3. The third kappa shape index (κ3) is 4.35. The summed E-state index contributed by atoms with van der Waals surface area (Å²) in [5.74, 6) is -2.35. The van der Waals surface area contributed by atoms with Gasteiger partial charge in [0.05, 0.1) is 5.92 Å². The summed E-state index contributed by atoms with van der Waals surface area (Å²) in [6, 6.07) is 3.95. The summed E-state index contributed by atoms with van der Waals surface area (Å²) in [5.41, 5.74) is 5.14. The van der Waals surface area contributed by atoms with Gasteiger partial charge in [-0.3, -0.25) is 9.59 Å². The van der Waals surface area contributed by atoms with Crippen molar-refractivity contribution in [2.75, 3.05) is 19.7 Å². The van der Waals surface area contributed by atoms with Gasteiger partial charge in [0, 0.05) is 18.1 Å². The highest BCUT2D eigenvalue weighted by molar-refractivity contribution is 6.31. The SMILES string of the molecule is NC(=O)[C@@H]1CCCN(C(=O)COC(=O)c2cc(Cl)ccc2O)C1. The first-order valence-electron chi connectivity index (χ1n) is 7.11. The highest BCUT2D eigenvalue weighted by Crippen LogP contribution is 2.22. The molecule has 7 nitrogen and oxygen atoms in total. The van der Waals surface area contributed by atoms with Crippen molar-refractivity contribution in [3.8, 4) is 5.75 Å². The molecule has 1 saturated heterocycles. The first kappa shape index (κ1) is 17.1. The summed E-state index contributed by atoms with van der Waals surface area (Å²) < 4.78 is 4.91. The van der Waals surface area contributed by atoms with E-state index in [0.29, 0.717) is 19.4 Å². The Labute approximate surface area is 138 Å². The Morgan fingerprint density at radius 1 is 1.39 bits per heavy atom.